The van der Waals surface area contributed by atoms with Crippen LogP contribution in [0, 0.1) is 5.92 Å². The number of unbranched alkanes of at least 4 members (excludes halogenated alkanes) is 1. The molecule has 0 aliphatic carbocycles. The average Bonchev–Trinajstić information content (AvgIpc) is 3.24. The van der Waals surface area contributed by atoms with Crippen LogP contribution in [0.4, 0.5) is 5.69 Å². The van der Waals surface area contributed by atoms with Gasteiger partial charge in [0.15, 0.2) is 5.78 Å². The number of fused-ring (bicyclic) bond motifs is 2. The minimum atomic E-state index is -0.427. The van der Waals surface area contributed by atoms with Gasteiger partial charge in [0.1, 0.15) is 17.2 Å². The van der Waals surface area contributed by atoms with Crippen LogP contribution in [-0.2, 0) is 17.6 Å². The van der Waals surface area contributed by atoms with E-state index in [1.807, 2.05) is 13.8 Å². The molecule has 0 saturated carbocycles. The third-order valence-corrected chi connectivity index (χ3v) is 8.59. The number of nitrogen functional groups attached to an aromatic ring is 1. The summed E-state index contributed by atoms with van der Waals surface area (Å²) in [5, 5.41) is 1.50. The van der Waals surface area contributed by atoms with Crippen molar-refractivity contribution in [1.82, 2.24) is 14.9 Å². The van der Waals surface area contributed by atoms with Crippen LogP contribution >= 0.6 is 23.2 Å². The van der Waals surface area contributed by atoms with Crippen LogP contribution in [0.5, 0.6) is 5.75 Å². The molecule has 1 fully saturated rings. The van der Waals surface area contributed by atoms with E-state index in [9.17, 15) is 9.59 Å². The SMILES string of the molecule is CO[C@@H]1CN(CCCCc2nc3cc(Cl)ccc3c(=O)[nH]2)CC[C@@H]1CC(=O)c1cc(Cl)c(N)c2c1OC(C)(C)C2. The molecule has 214 valence electrons. The number of aromatic amines is 1. The number of benzene rings is 2. The molecule has 0 spiro atoms. The quantitative estimate of drug-likeness (QED) is 0.194. The maximum atomic E-state index is 13.5. The van der Waals surface area contributed by atoms with Gasteiger partial charge in [0, 0.05) is 43.5 Å². The van der Waals surface area contributed by atoms with Gasteiger partial charge >= 0.3 is 0 Å². The molecule has 5 rings (SSSR count). The molecule has 3 N–H and O–H groups in total. The number of piperidine rings is 1. The van der Waals surface area contributed by atoms with Crippen molar-refractivity contribution in [3.8, 4) is 5.75 Å². The number of hydrogen-bond acceptors (Lipinski definition) is 7. The molecule has 2 atom stereocenters. The lowest BCUT2D eigenvalue weighted by Gasteiger charge is -2.37. The summed E-state index contributed by atoms with van der Waals surface area (Å²) in [6.45, 7) is 6.54. The Kier molecular flexibility index (Phi) is 8.43. The van der Waals surface area contributed by atoms with Crippen molar-refractivity contribution in [3.05, 3.63) is 61.6 Å². The summed E-state index contributed by atoms with van der Waals surface area (Å²) in [5.74, 6) is 1.37. The highest BCUT2D eigenvalue weighted by atomic mass is 35.5. The standard InChI is InChI=1S/C30H36Cl2N4O4/c1-30(2)15-21-27(33)22(32)14-20(28(21)40-30)24(37)12-17-9-11-36(16-25(17)39-3)10-5-4-6-26-34-23-13-18(31)7-8-19(23)29(38)35-26/h7-8,13-14,17,25H,4-6,9-12,15-16,33H2,1-3H3,(H,34,35,38)/t17-,25-/m1/s1. The van der Waals surface area contributed by atoms with E-state index in [0.29, 0.717) is 63.0 Å². The fourth-order valence-electron chi connectivity index (χ4n) is 5.92. The maximum Gasteiger partial charge on any atom is 0.258 e. The van der Waals surface area contributed by atoms with Crippen LogP contribution in [0.15, 0.2) is 29.1 Å². The van der Waals surface area contributed by atoms with Crippen LogP contribution in [0.1, 0.15) is 61.3 Å². The lowest BCUT2D eigenvalue weighted by atomic mass is 9.86. The van der Waals surface area contributed by atoms with Crippen molar-refractivity contribution in [3.63, 3.8) is 0 Å². The van der Waals surface area contributed by atoms with Gasteiger partial charge in [-0.15, -0.1) is 0 Å². The number of methoxy groups -OCH3 is 1. The largest absolute Gasteiger partial charge is 0.486 e. The highest BCUT2D eigenvalue weighted by Crippen LogP contribution is 2.44. The zero-order chi connectivity index (χ0) is 28.6. The maximum absolute atomic E-state index is 13.5. The van der Waals surface area contributed by atoms with Gasteiger partial charge in [0.25, 0.3) is 5.56 Å². The molecule has 40 heavy (non-hydrogen) atoms. The van der Waals surface area contributed by atoms with Gasteiger partial charge in [-0.25, -0.2) is 4.98 Å². The molecule has 2 aliphatic heterocycles. The number of aromatic nitrogens is 2. The average molecular weight is 588 g/mol. The van der Waals surface area contributed by atoms with E-state index in [0.717, 1.165) is 44.5 Å². The van der Waals surface area contributed by atoms with E-state index in [-0.39, 0.29) is 23.4 Å². The van der Waals surface area contributed by atoms with Gasteiger partial charge in [0.05, 0.1) is 33.3 Å². The second kappa shape index (κ2) is 11.7. The van der Waals surface area contributed by atoms with E-state index in [4.69, 9.17) is 38.4 Å². The monoisotopic (exact) mass is 586 g/mol. The third kappa shape index (κ3) is 6.15. The molecule has 0 unspecified atom stereocenters. The predicted molar refractivity (Wildman–Crippen MR) is 159 cm³/mol. The van der Waals surface area contributed by atoms with Crippen LogP contribution in [-0.4, -0.2) is 59.1 Å². The van der Waals surface area contributed by atoms with Crippen LogP contribution in [0.25, 0.3) is 10.9 Å². The number of anilines is 1. The summed E-state index contributed by atoms with van der Waals surface area (Å²) < 4.78 is 12.0. The first kappa shape index (κ1) is 28.9. The van der Waals surface area contributed by atoms with Gasteiger partial charge in [-0.3, -0.25) is 9.59 Å². The number of nitrogens with one attached hydrogen (secondary N) is 1. The van der Waals surface area contributed by atoms with E-state index < -0.39 is 5.60 Å². The van der Waals surface area contributed by atoms with Gasteiger partial charge in [0.2, 0.25) is 0 Å². The number of nitrogens with two attached hydrogens (primary N) is 1. The Hall–Kier alpha value is -2.65. The highest BCUT2D eigenvalue weighted by molar-refractivity contribution is 6.34. The molecule has 2 aliphatic rings. The molecular formula is C30H36Cl2N4O4. The molecule has 0 radical (unpaired) electrons. The summed E-state index contributed by atoms with van der Waals surface area (Å²) in [4.78, 5) is 35.7. The third-order valence-electron chi connectivity index (χ3n) is 8.04. The summed E-state index contributed by atoms with van der Waals surface area (Å²) in [7, 11) is 1.71. The number of carbonyl (C=O) groups is 1. The first-order valence-corrected chi connectivity index (χ1v) is 14.6. The number of Topliss-reactive ketones (excluding diaryl/α,β-unsaturated/α-hetero) is 1. The van der Waals surface area contributed by atoms with Gasteiger partial charge < -0.3 is 25.1 Å². The van der Waals surface area contributed by atoms with Crippen molar-refractivity contribution >= 4 is 45.6 Å². The fraction of sp³-hybridized carbons (Fsp3) is 0.500. The number of rotatable bonds is 9. The van der Waals surface area contributed by atoms with Crippen molar-refractivity contribution < 1.29 is 14.3 Å². The molecule has 10 heteroatoms. The Morgan fingerprint density at radius 3 is 2.85 bits per heavy atom. The second-order valence-electron chi connectivity index (χ2n) is 11.5. The van der Waals surface area contributed by atoms with Gasteiger partial charge in [-0.05, 0) is 76.4 Å². The minimum absolute atomic E-state index is 0.00881. The highest BCUT2D eigenvalue weighted by Gasteiger charge is 2.37. The van der Waals surface area contributed by atoms with Crippen LogP contribution in [0.2, 0.25) is 10.0 Å². The normalized spacial score (nSPS) is 20.4. The Labute approximate surface area is 244 Å². The van der Waals surface area contributed by atoms with Gasteiger partial charge in [-0.1, -0.05) is 23.2 Å². The molecule has 3 heterocycles. The second-order valence-corrected chi connectivity index (χ2v) is 12.4. The zero-order valence-corrected chi connectivity index (χ0v) is 24.7. The van der Waals surface area contributed by atoms with Crippen molar-refractivity contribution in [2.75, 3.05) is 32.5 Å². The Morgan fingerprint density at radius 1 is 1.27 bits per heavy atom. The smallest absolute Gasteiger partial charge is 0.258 e. The number of hydrogen-bond donors (Lipinski definition) is 2. The molecule has 0 amide bonds. The Morgan fingerprint density at radius 2 is 2.08 bits per heavy atom. The molecule has 2 aromatic carbocycles. The van der Waals surface area contributed by atoms with E-state index in [1.54, 1.807) is 31.4 Å². The summed E-state index contributed by atoms with van der Waals surface area (Å²) in [6.07, 6.45) is 4.34. The number of ketones is 1. The number of nitrogens with zero attached hydrogens (tertiary/aromatic N) is 2. The summed E-state index contributed by atoms with van der Waals surface area (Å²) in [5.41, 5.74) is 8.09. The molecule has 0 bridgehead atoms. The van der Waals surface area contributed by atoms with Gasteiger partial charge in [-0.2, -0.15) is 0 Å². The number of halogens is 2. The number of ether oxygens (including phenoxy) is 2. The molecule has 1 saturated heterocycles. The number of carbonyl (C=O) groups excluding carboxylic acids is 1. The minimum Gasteiger partial charge on any atom is -0.486 e. The van der Waals surface area contributed by atoms with Crippen molar-refractivity contribution in [2.24, 2.45) is 5.92 Å². The topological polar surface area (TPSA) is 111 Å². The molecular weight excluding hydrogens is 551 g/mol. The predicted octanol–water partition coefficient (Wildman–Crippen LogP) is 5.46. The summed E-state index contributed by atoms with van der Waals surface area (Å²) >= 11 is 12.5. The fourth-order valence-corrected chi connectivity index (χ4v) is 6.31. The molecule has 3 aromatic rings. The molecule has 8 nitrogen and oxygen atoms in total. The summed E-state index contributed by atoms with van der Waals surface area (Å²) in [6, 6.07) is 6.77. The first-order chi connectivity index (χ1) is 19.0. The first-order valence-electron chi connectivity index (χ1n) is 13.8. The van der Waals surface area contributed by atoms with E-state index in [2.05, 4.69) is 14.9 Å². The number of H-pyrrole nitrogens is 1. The van der Waals surface area contributed by atoms with E-state index in [1.165, 1.54) is 0 Å². The Bertz CT molecular complexity index is 1490. The van der Waals surface area contributed by atoms with Crippen molar-refractivity contribution in [2.45, 2.75) is 64.1 Å². The van der Waals surface area contributed by atoms with Crippen molar-refractivity contribution in [1.29, 1.82) is 0 Å². The Balaban J connectivity index is 1.15. The number of aryl methyl sites for hydroxylation is 1. The lowest BCUT2D eigenvalue weighted by molar-refractivity contribution is -0.0126. The van der Waals surface area contributed by atoms with Crippen LogP contribution in [0.3, 0.4) is 0 Å². The number of likely N-dealkylation sites (tertiary alicyclic amines) is 1. The lowest BCUT2D eigenvalue weighted by Crippen LogP contribution is -2.45. The zero-order valence-electron chi connectivity index (χ0n) is 23.2. The van der Waals surface area contributed by atoms with E-state index >= 15 is 0 Å². The van der Waals surface area contributed by atoms with Crippen LogP contribution < -0.4 is 16.0 Å². The molecule has 1 aromatic heterocycles.